The lowest BCUT2D eigenvalue weighted by Gasteiger charge is -2.10. The van der Waals surface area contributed by atoms with E-state index in [0.29, 0.717) is 6.10 Å². The number of benzene rings is 1. The number of hydrogen-bond acceptors (Lipinski definition) is 2. The molecule has 2 nitrogen and oxygen atoms in total. The Morgan fingerprint density at radius 1 is 1.47 bits per heavy atom. The molecule has 0 amide bonds. The molecule has 1 fully saturated rings. The zero-order valence-corrected chi connectivity index (χ0v) is 12.1. The summed E-state index contributed by atoms with van der Waals surface area (Å²) in [4.78, 5) is 0. The van der Waals surface area contributed by atoms with Gasteiger partial charge in [0.15, 0.2) is 0 Å². The van der Waals surface area contributed by atoms with E-state index in [-0.39, 0.29) is 0 Å². The summed E-state index contributed by atoms with van der Waals surface area (Å²) in [7, 11) is 0. The molecule has 1 N–H and O–H groups in total. The zero-order chi connectivity index (χ0) is 12.1. The molecule has 0 spiro atoms. The van der Waals surface area contributed by atoms with Gasteiger partial charge in [-0.05, 0) is 43.5 Å². The summed E-state index contributed by atoms with van der Waals surface area (Å²) in [6.07, 6.45) is 4.00. The van der Waals surface area contributed by atoms with E-state index in [4.69, 9.17) is 16.3 Å². The van der Waals surface area contributed by atoms with Gasteiger partial charge in [0.25, 0.3) is 0 Å². The summed E-state index contributed by atoms with van der Waals surface area (Å²) in [5, 5.41) is 4.20. The molecule has 0 aromatic heterocycles. The van der Waals surface area contributed by atoms with Gasteiger partial charge in [-0.3, -0.25) is 0 Å². The molecular formula is C13H17BrClNO. The van der Waals surface area contributed by atoms with Gasteiger partial charge in [0.05, 0.1) is 6.10 Å². The van der Waals surface area contributed by atoms with Crippen LogP contribution in [0.25, 0.3) is 0 Å². The molecule has 0 saturated carbocycles. The molecule has 94 valence electrons. The van der Waals surface area contributed by atoms with Crippen molar-refractivity contribution >= 4 is 27.5 Å². The van der Waals surface area contributed by atoms with Gasteiger partial charge in [-0.15, -0.1) is 0 Å². The Morgan fingerprint density at radius 2 is 2.35 bits per heavy atom. The van der Waals surface area contributed by atoms with Crippen LogP contribution >= 0.6 is 27.5 Å². The standard InChI is InChI=1S/C13H17BrClNO/c14-13-8-11(15)4-3-10(13)9-16-6-5-12-2-1-7-17-12/h3-4,8,12,16H,1-2,5-7,9H2. The van der Waals surface area contributed by atoms with Crippen molar-refractivity contribution in [2.75, 3.05) is 13.2 Å². The molecule has 1 atom stereocenters. The van der Waals surface area contributed by atoms with Crippen molar-refractivity contribution in [3.63, 3.8) is 0 Å². The number of rotatable bonds is 5. The lowest BCUT2D eigenvalue weighted by Crippen LogP contribution is -2.20. The van der Waals surface area contributed by atoms with E-state index in [2.05, 4.69) is 21.2 Å². The monoisotopic (exact) mass is 317 g/mol. The van der Waals surface area contributed by atoms with Crippen LogP contribution < -0.4 is 5.32 Å². The first-order chi connectivity index (χ1) is 8.25. The van der Waals surface area contributed by atoms with E-state index in [1.807, 2.05) is 18.2 Å². The molecule has 0 bridgehead atoms. The molecule has 0 radical (unpaired) electrons. The Kier molecular flexibility index (Phi) is 5.29. The maximum absolute atomic E-state index is 5.90. The molecule has 1 saturated heterocycles. The van der Waals surface area contributed by atoms with Gasteiger partial charge in [-0.2, -0.15) is 0 Å². The predicted molar refractivity (Wildman–Crippen MR) is 74.4 cm³/mol. The van der Waals surface area contributed by atoms with Crippen LogP contribution in [-0.4, -0.2) is 19.3 Å². The SMILES string of the molecule is Clc1ccc(CNCCC2CCCO2)c(Br)c1. The fourth-order valence-corrected chi connectivity index (χ4v) is 2.85. The molecule has 1 unspecified atom stereocenters. The summed E-state index contributed by atoms with van der Waals surface area (Å²) < 4.78 is 6.64. The average molecular weight is 319 g/mol. The summed E-state index contributed by atoms with van der Waals surface area (Å²) >= 11 is 9.41. The molecule has 0 aliphatic carbocycles. The fraction of sp³-hybridized carbons (Fsp3) is 0.538. The average Bonchev–Trinajstić information content (AvgIpc) is 2.79. The Hall–Kier alpha value is -0.0900. The van der Waals surface area contributed by atoms with Crippen molar-refractivity contribution in [1.82, 2.24) is 5.32 Å². The highest BCUT2D eigenvalue weighted by Crippen LogP contribution is 2.21. The summed E-state index contributed by atoms with van der Waals surface area (Å²) in [6.45, 7) is 2.80. The highest BCUT2D eigenvalue weighted by Gasteiger charge is 2.14. The van der Waals surface area contributed by atoms with Crippen LogP contribution in [0, 0.1) is 0 Å². The van der Waals surface area contributed by atoms with Crippen LogP contribution in [0.5, 0.6) is 0 Å². The summed E-state index contributed by atoms with van der Waals surface area (Å²) in [6, 6.07) is 5.90. The topological polar surface area (TPSA) is 21.3 Å². The van der Waals surface area contributed by atoms with Crippen molar-refractivity contribution in [2.24, 2.45) is 0 Å². The first kappa shape index (κ1) is 13.3. The van der Waals surface area contributed by atoms with Crippen molar-refractivity contribution in [3.05, 3.63) is 33.3 Å². The fourth-order valence-electron chi connectivity index (χ4n) is 2.02. The molecule has 1 aromatic rings. The minimum atomic E-state index is 0.469. The lowest BCUT2D eigenvalue weighted by atomic mass is 10.2. The molecule has 1 aliphatic heterocycles. The van der Waals surface area contributed by atoms with Crippen LogP contribution in [0.4, 0.5) is 0 Å². The Morgan fingerprint density at radius 3 is 3.06 bits per heavy atom. The second-order valence-electron chi connectivity index (χ2n) is 4.34. The van der Waals surface area contributed by atoms with Crippen LogP contribution in [0.2, 0.25) is 5.02 Å². The molecule has 17 heavy (non-hydrogen) atoms. The van der Waals surface area contributed by atoms with Crippen LogP contribution in [0.3, 0.4) is 0 Å². The van der Waals surface area contributed by atoms with Crippen molar-refractivity contribution < 1.29 is 4.74 Å². The van der Waals surface area contributed by atoms with Gasteiger partial charge in [0.1, 0.15) is 0 Å². The molecule has 2 rings (SSSR count). The minimum absolute atomic E-state index is 0.469. The summed E-state index contributed by atoms with van der Waals surface area (Å²) in [5.41, 5.74) is 1.24. The van der Waals surface area contributed by atoms with Crippen LogP contribution in [0.15, 0.2) is 22.7 Å². The smallest absolute Gasteiger partial charge is 0.0588 e. The predicted octanol–water partition coefficient (Wildman–Crippen LogP) is 3.76. The molecule has 1 aromatic carbocycles. The number of hydrogen-bond donors (Lipinski definition) is 1. The highest BCUT2D eigenvalue weighted by atomic mass is 79.9. The Labute approximate surface area is 116 Å². The maximum Gasteiger partial charge on any atom is 0.0588 e. The normalized spacial score (nSPS) is 19.8. The van der Waals surface area contributed by atoms with E-state index in [9.17, 15) is 0 Å². The number of nitrogens with one attached hydrogen (secondary N) is 1. The van der Waals surface area contributed by atoms with Gasteiger partial charge < -0.3 is 10.1 Å². The van der Waals surface area contributed by atoms with Gasteiger partial charge in [-0.1, -0.05) is 33.6 Å². The van der Waals surface area contributed by atoms with E-state index >= 15 is 0 Å². The van der Waals surface area contributed by atoms with E-state index < -0.39 is 0 Å². The summed E-state index contributed by atoms with van der Waals surface area (Å²) in [5.74, 6) is 0. The first-order valence-corrected chi connectivity index (χ1v) is 7.19. The van der Waals surface area contributed by atoms with E-state index in [1.54, 1.807) is 0 Å². The third kappa shape index (κ3) is 4.25. The number of ether oxygens (including phenoxy) is 1. The zero-order valence-electron chi connectivity index (χ0n) is 9.72. The van der Waals surface area contributed by atoms with Gasteiger partial charge >= 0.3 is 0 Å². The molecular weight excluding hydrogens is 302 g/mol. The van der Waals surface area contributed by atoms with E-state index in [1.165, 1.54) is 18.4 Å². The Bertz CT molecular complexity index is 366. The third-order valence-corrected chi connectivity index (χ3v) is 3.97. The Balaban J connectivity index is 1.70. The molecule has 4 heteroatoms. The largest absolute Gasteiger partial charge is 0.378 e. The van der Waals surface area contributed by atoms with Crippen molar-refractivity contribution in [2.45, 2.75) is 31.9 Å². The molecule has 1 heterocycles. The maximum atomic E-state index is 5.90. The van der Waals surface area contributed by atoms with Crippen LogP contribution in [0.1, 0.15) is 24.8 Å². The third-order valence-electron chi connectivity index (χ3n) is 3.00. The molecule has 1 aliphatic rings. The van der Waals surface area contributed by atoms with Gasteiger partial charge in [0, 0.05) is 22.6 Å². The minimum Gasteiger partial charge on any atom is -0.378 e. The van der Waals surface area contributed by atoms with Crippen LogP contribution in [-0.2, 0) is 11.3 Å². The quantitative estimate of drug-likeness (QED) is 0.835. The lowest BCUT2D eigenvalue weighted by molar-refractivity contribution is 0.104. The second-order valence-corrected chi connectivity index (χ2v) is 5.63. The van der Waals surface area contributed by atoms with Crippen molar-refractivity contribution in [1.29, 1.82) is 0 Å². The highest BCUT2D eigenvalue weighted by molar-refractivity contribution is 9.10. The second kappa shape index (κ2) is 6.74. The van der Waals surface area contributed by atoms with Gasteiger partial charge in [0.2, 0.25) is 0 Å². The first-order valence-electron chi connectivity index (χ1n) is 6.02. The van der Waals surface area contributed by atoms with E-state index in [0.717, 1.165) is 35.6 Å². The van der Waals surface area contributed by atoms with Gasteiger partial charge in [-0.25, -0.2) is 0 Å². The number of halogens is 2. The van der Waals surface area contributed by atoms with Crippen molar-refractivity contribution in [3.8, 4) is 0 Å².